The van der Waals surface area contributed by atoms with Gasteiger partial charge in [0.2, 0.25) is 0 Å². The highest BCUT2D eigenvalue weighted by Gasteiger charge is 2.11. The predicted octanol–water partition coefficient (Wildman–Crippen LogP) is 3.99. The summed E-state index contributed by atoms with van der Waals surface area (Å²) in [5, 5.41) is 11.2. The molecule has 1 heterocycles. The molecule has 1 nitrogen and oxygen atoms in total. The van der Waals surface area contributed by atoms with Gasteiger partial charge >= 0.3 is 0 Å². The lowest BCUT2D eigenvalue weighted by Crippen LogP contribution is -1.95. The maximum atomic E-state index is 9.13. The Morgan fingerprint density at radius 1 is 1.12 bits per heavy atom. The molecule has 0 spiro atoms. The zero-order valence-corrected chi connectivity index (χ0v) is 9.78. The van der Waals surface area contributed by atoms with E-state index in [0.717, 1.165) is 12.8 Å². The standard InChI is InChI=1S/C14H13NS/c15-11-13(14-7-4-10-16-14)9-8-12-5-2-1-3-6-12/h1-7,10,13H,8-9H2/t13-/m1/s1. The minimum Gasteiger partial charge on any atom is -0.198 e. The molecule has 0 N–H and O–H groups in total. The minimum atomic E-state index is 0.0419. The van der Waals surface area contributed by atoms with Gasteiger partial charge in [-0.3, -0.25) is 0 Å². The van der Waals surface area contributed by atoms with E-state index < -0.39 is 0 Å². The first kappa shape index (κ1) is 10.9. The number of hydrogen-bond donors (Lipinski definition) is 0. The van der Waals surface area contributed by atoms with E-state index in [1.54, 1.807) is 11.3 Å². The third-order valence-corrected chi connectivity index (χ3v) is 3.59. The van der Waals surface area contributed by atoms with Crippen LogP contribution in [0.4, 0.5) is 0 Å². The van der Waals surface area contributed by atoms with Gasteiger partial charge in [0.15, 0.2) is 0 Å². The highest BCUT2D eigenvalue weighted by Crippen LogP contribution is 2.25. The topological polar surface area (TPSA) is 23.8 Å². The number of aryl methyl sites for hydroxylation is 1. The number of thiophene rings is 1. The molecule has 0 amide bonds. The third-order valence-electron chi connectivity index (χ3n) is 2.61. The van der Waals surface area contributed by atoms with Crippen molar-refractivity contribution in [1.82, 2.24) is 0 Å². The van der Waals surface area contributed by atoms with E-state index >= 15 is 0 Å². The summed E-state index contributed by atoms with van der Waals surface area (Å²) in [6.07, 6.45) is 1.87. The maximum absolute atomic E-state index is 9.13. The van der Waals surface area contributed by atoms with Crippen molar-refractivity contribution in [2.45, 2.75) is 18.8 Å². The molecule has 16 heavy (non-hydrogen) atoms. The van der Waals surface area contributed by atoms with Crippen molar-refractivity contribution >= 4 is 11.3 Å². The zero-order valence-electron chi connectivity index (χ0n) is 8.97. The van der Waals surface area contributed by atoms with Crippen LogP contribution in [0.5, 0.6) is 0 Å². The van der Waals surface area contributed by atoms with Crippen molar-refractivity contribution in [2.24, 2.45) is 0 Å². The lowest BCUT2D eigenvalue weighted by molar-refractivity contribution is 0.757. The number of rotatable bonds is 4. The lowest BCUT2D eigenvalue weighted by atomic mass is 9.99. The van der Waals surface area contributed by atoms with Crippen LogP contribution in [0.3, 0.4) is 0 Å². The highest BCUT2D eigenvalue weighted by molar-refractivity contribution is 7.10. The summed E-state index contributed by atoms with van der Waals surface area (Å²) in [4.78, 5) is 1.18. The summed E-state index contributed by atoms with van der Waals surface area (Å²) in [6.45, 7) is 0. The number of benzene rings is 1. The SMILES string of the molecule is N#C[C@@H](CCc1ccccc1)c1cccs1. The van der Waals surface area contributed by atoms with E-state index in [9.17, 15) is 0 Å². The summed E-state index contributed by atoms with van der Waals surface area (Å²) < 4.78 is 0. The Morgan fingerprint density at radius 2 is 1.94 bits per heavy atom. The van der Waals surface area contributed by atoms with Gasteiger partial charge in [0.05, 0.1) is 12.0 Å². The molecule has 2 rings (SSSR count). The zero-order chi connectivity index (χ0) is 11.2. The Balaban J connectivity index is 1.97. The van der Waals surface area contributed by atoms with Crippen LogP contribution in [0, 0.1) is 11.3 Å². The van der Waals surface area contributed by atoms with Crippen molar-refractivity contribution in [3.63, 3.8) is 0 Å². The van der Waals surface area contributed by atoms with E-state index in [1.807, 2.05) is 35.7 Å². The molecule has 0 bridgehead atoms. The van der Waals surface area contributed by atoms with Crippen LogP contribution in [-0.2, 0) is 6.42 Å². The molecule has 1 aromatic carbocycles. The highest BCUT2D eigenvalue weighted by atomic mass is 32.1. The predicted molar refractivity (Wildman–Crippen MR) is 67.4 cm³/mol. The summed E-state index contributed by atoms with van der Waals surface area (Å²) in [5.41, 5.74) is 1.30. The summed E-state index contributed by atoms with van der Waals surface area (Å²) in [5.74, 6) is 0.0419. The van der Waals surface area contributed by atoms with E-state index in [2.05, 4.69) is 18.2 Å². The van der Waals surface area contributed by atoms with Gasteiger partial charge in [0, 0.05) is 4.88 Å². The second-order valence-electron chi connectivity index (χ2n) is 3.72. The van der Waals surface area contributed by atoms with Crippen molar-refractivity contribution in [2.75, 3.05) is 0 Å². The molecule has 0 saturated heterocycles. The van der Waals surface area contributed by atoms with Crippen LogP contribution < -0.4 is 0 Å². The Kier molecular flexibility index (Phi) is 3.74. The molecule has 2 heteroatoms. The van der Waals surface area contributed by atoms with Gasteiger partial charge in [0.25, 0.3) is 0 Å². The second-order valence-corrected chi connectivity index (χ2v) is 4.70. The van der Waals surface area contributed by atoms with Gasteiger partial charge in [-0.25, -0.2) is 0 Å². The van der Waals surface area contributed by atoms with E-state index in [4.69, 9.17) is 5.26 Å². The third kappa shape index (κ3) is 2.71. The Morgan fingerprint density at radius 3 is 2.56 bits per heavy atom. The first-order chi connectivity index (χ1) is 7.90. The molecule has 2 aromatic rings. The first-order valence-electron chi connectivity index (χ1n) is 5.37. The van der Waals surface area contributed by atoms with Crippen LogP contribution in [0.2, 0.25) is 0 Å². The van der Waals surface area contributed by atoms with Crippen LogP contribution in [0.25, 0.3) is 0 Å². The molecule has 1 aromatic heterocycles. The van der Waals surface area contributed by atoms with Crippen LogP contribution in [0.1, 0.15) is 22.8 Å². The van der Waals surface area contributed by atoms with Gasteiger partial charge in [-0.15, -0.1) is 11.3 Å². The normalized spacial score (nSPS) is 11.9. The average molecular weight is 227 g/mol. The summed E-state index contributed by atoms with van der Waals surface area (Å²) in [7, 11) is 0. The quantitative estimate of drug-likeness (QED) is 0.774. The first-order valence-corrected chi connectivity index (χ1v) is 6.25. The molecule has 0 radical (unpaired) electrons. The summed E-state index contributed by atoms with van der Waals surface area (Å²) in [6, 6.07) is 16.8. The molecule has 0 unspecified atom stereocenters. The fourth-order valence-electron chi connectivity index (χ4n) is 1.72. The van der Waals surface area contributed by atoms with Gasteiger partial charge in [0.1, 0.15) is 0 Å². The smallest absolute Gasteiger partial charge is 0.0809 e. The number of hydrogen-bond acceptors (Lipinski definition) is 2. The van der Waals surface area contributed by atoms with Gasteiger partial charge in [-0.05, 0) is 29.9 Å². The Hall–Kier alpha value is -1.59. The van der Waals surface area contributed by atoms with Gasteiger partial charge in [-0.2, -0.15) is 5.26 Å². The molecule has 0 fully saturated rings. The monoisotopic (exact) mass is 227 g/mol. The maximum Gasteiger partial charge on any atom is 0.0809 e. The van der Waals surface area contributed by atoms with Crippen molar-refractivity contribution in [3.05, 3.63) is 58.3 Å². The van der Waals surface area contributed by atoms with Crippen LogP contribution >= 0.6 is 11.3 Å². The molecule has 1 atom stereocenters. The van der Waals surface area contributed by atoms with E-state index in [-0.39, 0.29) is 5.92 Å². The molecule has 0 aliphatic rings. The van der Waals surface area contributed by atoms with Crippen molar-refractivity contribution in [3.8, 4) is 6.07 Å². The number of nitriles is 1. The van der Waals surface area contributed by atoms with Crippen molar-refractivity contribution in [1.29, 1.82) is 5.26 Å². The minimum absolute atomic E-state index is 0.0419. The molecule has 0 aliphatic heterocycles. The van der Waals surface area contributed by atoms with Crippen LogP contribution in [-0.4, -0.2) is 0 Å². The fraction of sp³-hybridized carbons (Fsp3) is 0.214. The molecule has 0 aliphatic carbocycles. The molecular formula is C14H13NS. The Labute approximate surface area is 100.0 Å². The fourth-order valence-corrected chi connectivity index (χ4v) is 2.52. The van der Waals surface area contributed by atoms with Crippen LogP contribution in [0.15, 0.2) is 47.8 Å². The second kappa shape index (κ2) is 5.48. The number of nitrogens with zero attached hydrogens (tertiary/aromatic N) is 1. The Bertz CT molecular complexity index is 453. The molecule has 80 valence electrons. The molecular weight excluding hydrogens is 214 g/mol. The molecule has 0 saturated carbocycles. The lowest BCUT2D eigenvalue weighted by Gasteiger charge is -2.06. The van der Waals surface area contributed by atoms with E-state index in [1.165, 1.54) is 10.4 Å². The van der Waals surface area contributed by atoms with Crippen molar-refractivity contribution < 1.29 is 0 Å². The van der Waals surface area contributed by atoms with E-state index in [0.29, 0.717) is 0 Å². The van der Waals surface area contributed by atoms with Gasteiger partial charge in [-0.1, -0.05) is 36.4 Å². The average Bonchev–Trinajstić information content (AvgIpc) is 2.85. The van der Waals surface area contributed by atoms with Gasteiger partial charge < -0.3 is 0 Å². The largest absolute Gasteiger partial charge is 0.198 e. The summed E-state index contributed by atoms with van der Waals surface area (Å²) >= 11 is 1.67.